The molecule has 3 N–H and O–H groups in total. The molecular weight excluding hydrogens is 443 g/mol. The molecule has 1 aromatic heterocycles. The fourth-order valence-electron chi connectivity index (χ4n) is 3.47. The van der Waals surface area contributed by atoms with E-state index >= 15 is 0 Å². The lowest BCUT2D eigenvalue weighted by Crippen LogP contribution is -2.14. The van der Waals surface area contributed by atoms with E-state index in [9.17, 15) is 18.3 Å². The second kappa shape index (κ2) is 9.27. The maximum Gasteiger partial charge on any atom is 0.434 e. The molecule has 0 saturated carbocycles. The van der Waals surface area contributed by atoms with E-state index in [0.29, 0.717) is 5.75 Å². The van der Waals surface area contributed by atoms with Crippen molar-refractivity contribution in [2.45, 2.75) is 12.8 Å². The van der Waals surface area contributed by atoms with Crippen LogP contribution in [0.3, 0.4) is 0 Å². The molecule has 0 fully saturated rings. The zero-order valence-corrected chi connectivity index (χ0v) is 17.9. The monoisotopic (exact) mass is 463 g/mol. The summed E-state index contributed by atoms with van der Waals surface area (Å²) in [6.07, 6.45) is -3.05. The van der Waals surface area contributed by atoms with Crippen LogP contribution >= 0.6 is 0 Å². The van der Waals surface area contributed by atoms with Gasteiger partial charge < -0.3 is 15.6 Å². The first-order chi connectivity index (χ1) is 16.3. The molecule has 1 heterocycles. The van der Waals surface area contributed by atoms with Crippen molar-refractivity contribution in [2.24, 2.45) is 0 Å². The smallest absolute Gasteiger partial charge is 0.434 e. The summed E-state index contributed by atoms with van der Waals surface area (Å²) in [5, 5.41) is 10.7. The number of nitrogen functional groups attached to an aromatic ring is 1. The summed E-state index contributed by atoms with van der Waals surface area (Å²) >= 11 is 0. The Kier molecular flexibility index (Phi) is 6.23. The molecule has 3 aromatic carbocycles. The highest BCUT2D eigenvalue weighted by Crippen LogP contribution is 2.43. The van der Waals surface area contributed by atoms with Crippen molar-refractivity contribution < 1.29 is 23.0 Å². The van der Waals surface area contributed by atoms with Gasteiger partial charge >= 0.3 is 6.18 Å². The predicted molar refractivity (Wildman–Crippen MR) is 125 cm³/mol. The highest BCUT2D eigenvalue weighted by Gasteiger charge is 2.38. The van der Waals surface area contributed by atoms with E-state index in [-0.39, 0.29) is 34.7 Å². The summed E-state index contributed by atoms with van der Waals surface area (Å²) in [6.45, 7) is 3.95. The number of benzene rings is 3. The summed E-state index contributed by atoms with van der Waals surface area (Å²) in [7, 11) is 0. The summed E-state index contributed by atoms with van der Waals surface area (Å²) < 4.78 is 47.3. The molecule has 0 bridgehead atoms. The number of phenols is 1. The molecule has 0 atom stereocenters. The number of hydrogen-bond acceptors (Lipinski definition) is 5. The number of rotatable bonds is 6. The van der Waals surface area contributed by atoms with Crippen LogP contribution in [-0.4, -0.2) is 15.1 Å². The van der Waals surface area contributed by atoms with Crippen LogP contribution in [0.2, 0.25) is 0 Å². The van der Waals surface area contributed by atoms with Gasteiger partial charge in [0.15, 0.2) is 5.69 Å². The maximum absolute atomic E-state index is 13.8. The summed E-state index contributed by atoms with van der Waals surface area (Å²) in [6, 6.07) is 19.8. The molecule has 0 amide bonds. The lowest BCUT2D eigenvalue weighted by Gasteiger charge is -2.17. The van der Waals surface area contributed by atoms with Gasteiger partial charge in [-0.3, -0.25) is 0 Å². The van der Waals surface area contributed by atoms with Crippen molar-refractivity contribution in [1.82, 2.24) is 9.97 Å². The van der Waals surface area contributed by atoms with Gasteiger partial charge in [-0.15, -0.1) is 0 Å². The van der Waals surface area contributed by atoms with Gasteiger partial charge in [0.2, 0.25) is 5.95 Å². The largest absolute Gasteiger partial charge is 0.507 e. The van der Waals surface area contributed by atoms with Crippen LogP contribution in [-0.2, 0) is 12.8 Å². The topological polar surface area (TPSA) is 81.3 Å². The van der Waals surface area contributed by atoms with Gasteiger partial charge in [0, 0.05) is 17.2 Å². The number of halogens is 3. The van der Waals surface area contributed by atoms with Crippen LogP contribution in [0.15, 0.2) is 79.4 Å². The highest BCUT2D eigenvalue weighted by molar-refractivity contribution is 5.86. The van der Waals surface area contributed by atoms with Crippen molar-refractivity contribution in [3.8, 4) is 33.9 Å². The second-order valence-corrected chi connectivity index (χ2v) is 7.43. The van der Waals surface area contributed by atoms with Crippen LogP contribution in [0, 0.1) is 0 Å². The van der Waals surface area contributed by atoms with Crippen molar-refractivity contribution in [2.75, 3.05) is 5.73 Å². The van der Waals surface area contributed by atoms with Crippen LogP contribution in [0.4, 0.5) is 19.1 Å². The van der Waals surface area contributed by atoms with Crippen molar-refractivity contribution in [3.63, 3.8) is 0 Å². The molecule has 5 nitrogen and oxygen atoms in total. The van der Waals surface area contributed by atoms with E-state index in [0.717, 1.165) is 11.1 Å². The molecule has 4 aromatic rings. The lowest BCUT2D eigenvalue weighted by molar-refractivity contribution is -0.140. The predicted octanol–water partition coefficient (Wildman–Crippen LogP) is 6.34. The van der Waals surface area contributed by atoms with E-state index in [4.69, 9.17) is 10.5 Å². The Morgan fingerprint density at radius 1 is 0.971 bits per heavy atom. The minimum Gasteiger partial charge on any atom is -0.507 e. The van der Waals surface area contributed by atoms with E-state index in [1.54, 1.807) is 30.3 Å². The number of anilines is 1. The molecule has 0 spiro atoms. The molecule has 172 valence electrons. The summed E-state index contributed by atoms with van der Waals surface area (Å²) in [5.41, 5.74) is 6.23. The van der Waals surface area contributed by atoms with Gasteiger partial charge in [0.25, 0.3) is 0 Å². The number of ether oxygens (including phenoxy) is 1. The SMILES string of the molecule is C=Cc1ccc(COc2ccc(-c3nc(N)nc(C(F)(F)F)c3-c3ccccc3)c(O)c2)cc1. The van der Waals surface area contributed by atoms with Crippen molar-refractivity contribution >= 4 is 12.0 Å². The first-order valence-electron chi connectivity index (χ1n) is 10.2. The van der Waals surface area contributed by atoms with E-state index in [1.807, 2.05) is 24.3 Å². The van der Waals surface area contributed by atoms with Crippen LogP contribution < -0.4 is 10.5 Å². The van der Waals surface area contributed by atoms with E-state index < -0.39 is 17.8 Å². The third-order valence-electron chi connectivity index (χ3n) is 5.10. The van der Waals surface area contributed by atoms with Gasteiger partial charge in [0.05, 0.1) is 5.69 Å². The molecule has 34 heavy (non-hydrogen) atoms. The number of aromatic hydroxyl groups is 1. The zero-order valence-electron chi connectivity index (χ0n) is 17.9. The maximum atomic E-state index is 13.8. The normalized spacial score (nSPS) is 11.3. The summed E-state index contributed by atoms with van der Waals surface area (Å²) in [5.74, 6) is -0.513. The van der Waals surface area contributed by atoms with E-state index in [2.05, 4.69) is 16.5 Å². The fraction of sp³-hybridized carbons (Fsp3) is 0.0769. The quantitative estimate of drug-likeness (QED) is 0.349. The minimum absolute atomic E-state index is 0.0705. The minimum atomic E-state index is -4.78. The van der Waals surface area contributed by atoms with Crippen molar-refractivity contribution in [3.05, 3.63) is 96.2 Å². The Morgan fingerprint density at radius 3 is 2.29 bits per heavy atom. The standard InChI is InChI=1S/C26H20F3N3O2/c1-2-16-8-10-17(11-9-16)15-34-19-12-13-20(21(33)14-19)23-22(18-6-4-3-5-7-18)24(26(27,28)29)32-25(30)31-23/h2-14,33H,1,15H2,(H2,30,31,32). The number of aromatic nitrogens is 2. The Labute approximate surface area is 194 Å². The number of nitrogens with two attached hydrogens (primary N) is 1. The molecule has 0 radical (unpaired) electrons. The van der Waals surface area contributed by atoms with Gasteiger partial charge in [-0.1, -0.05) is 67.3 Å². The molecule has 0 aliphatic heterocycles. The Balaban J connectivity index is 1.72. The number of nitrogens with zero attached hydrogens (tertiary/aromatic N) is 2. The van der Waals surface area contributed by atoms with Crippen LogP contribution in [0.25, 0.3) is 28.5 Å². The first-order valence-corrected chi connectivity index (χ1v) is 10.2. The number of alkyl halides is 3. The van der Waals surface area contributed by atoms with Gasteiger partial charge in [-0.25, -0.2) is 9.97 Å². The molecule has 0 saturated heterocycles. The molecule has 8 heteroatoms. The van der Waals surface area contributed by atoms with Gasteiger partial charge in [-0.05, 0) is 28.8 Å². The molecular formula is C26H20F3N3O2. The average Bonchev–Trinajstić information content (AvgIpc) is 2.82. The molecule has 0 unspecified atom stereocenters. The van der Waals surface area contributed by atoms with Gasteiger partial charge in [-0.2, -0.15) is 13.2 Å². The molecule has 0 aliphatic rings. The third-order valence-corrected chi connectivity index (χ3v) is 5.10. The van der Waals surface area contributed by atoms with Crippen molar-refractivity contribution in [1.29, 1.82) is 0 Å². The highest BCUT2D eigenvalue weighted by atomic mass is 19.4. The Morgan fingerprint density at radius 2 is 1.68 bits per heavy atom. The van der Waals surface area contributed by atoms with Gasteiger partial charge in [0.1, 0.15) is 18.1 Å². The third kappa shape index (κ3) is 4.85. The Hall–Kier alpha value is -4.33. The molecule has 0 aliphatic carbocycles. The number of phenolic OH excluding ortho intramolecular Hbond substituents is 1. The Bertz CT molecular complexity index is 1320. The zero-order chi connectivity index (χ0) is 24.3. The first kappa shape index (κ1) is 22.8. The molecule has 4 rings (SSSR count). The number of hydrogen-bond donors (Lipinski definition) is 2. The van der Waals surface area contributed by atoms with Crippen LogP contribution in [0.5, 0.6) is 11.5 Å². The lowest BCUT2D eigenvalue weighted by atomic mass is 9.96. The average molecular weight is 463 g/mol. The van der Waals surface area contributed by atoms with E-state index in [1.165, 1.54) is 24.3 Å². The fourth-order valence-corrected chi connectivity index (χ4v) is 3.47. The summed E-state index contributed by atoms with van der Waals surface area (Å²) in [4.78, 5) is 7.51. The second-order valence-electron chi connectivity index (χ2n) is 7.43. The van der Waals surface area contributed by atoms with Crippen LogP contribution in [0.1, 0.15) is 16.8 Å².